The molecule has 0 saturated carbocycles. The Kier molecular flexibility index (Phi) is 4.00. The molecule has 7 heteroatoms. The fourth-order valence-electron chi connectivity index (χ4n) is 1.47. The quantitative estimate of drug-likeness (QED) is 0.906. The van der Waals surface area contributed by atoms with Crippen molar-refractivity contribution in [1.29, 1.82) is 0 Å². The number of pyridine rings is 1. The Labute approximate surface area is 110 Å². The molecule has 0 unspecified atom stereocenters. The minimum atomic E-state index is -3.60. The summed E-state index contributed by atoms with van der Waals surface area (Å²) >= 11 is 5.82. The first kappa shape index (κ1) is 13.1. The number of nitrogens with one attached hydrogen (secondary N) is 1. The largest absolute Gasteiger partial charge is 0.353 e. The standard InChI is InChI=1S/C11H12ClN3O2S/c12-10-3-4-13-9-11(10)18(16,17)14-5-8-15-6-1-2-7-15/h1-4,6-7,9,14H,5,8H2. The van der Waals surface area contributed by atoms with Crippen molar-refractivity contribution in [3.63, 3.8) is 0 Å². The van der Waals surface area contributed by atoms with Crippen LogP contribution >= 0.6 is 11.6 Å². The van der Waals surface area contributed by atoms with E-state index in [0.717, 1.165) is 0 Å². The molecular formula is C11H12ClN3O2S. The molecular weight excluding hydrogens is 274 g/mol. The van der Waals surface area contributed by atoms with Crippen molar-refractivity contribution in [3.8, 4) is 0 Å². The molecule has 0 bridgehead atoms. The van der Waals surface area contributed by atoms with Crippen LogP contribution in [0.15, 0.2) is 47.9 Å². The molecule has 0 fully saturated rings. The number of nitrogens with zero attached hydrogens (tertiary/aromatic N) is 2. The smallest absolute Gasteiger partial charge is 0.243 e. The van der Waals surface area contributed by atoms with Crippen LogP contribution in [0.5, 0.6) is 0 Å². The second-order valence-corrected chi connectivity index (χ2v) is 5.77. The maximum Gasteiger partial charge on any atom is 0.243 e. The van der Waals surface area contributed by atoms with Gasteiger partial charge in [0, 0.05) is 37.9 Å². The number of halogens is 1. The van der Waals surface area contributed by atoms with Crippen molar-refractivity contribution >= 4 is 21.6 Å². The van der Waals surface area contributed by atoms with Gasteiger partial charge in [-0.05, 0) is 18.2 Å². The minimum Gasteiger partial charge on any atom is -0.353 e. The van der Waals surface area contributed by atoms with Crippen molar-refractivity contribution in [1.82, 2.24) is 14.3 Å². The van der Waals surface area contributed by atoms with E-state index in [1.165, 1.54) is 18.5 Å². The van der Waals surface area contributed by atoms with Crippen LogP contribution in [0.2, 0.25) is 5.02 Å². The highest BCUT2D eigenvalue weighted by molar-refractivity contribution is 7.89. The predicted molar refractivity (Wildman–Crippen MR) is 68.9 cm³/mol. The molecule has 2 rings (SSSR count). The van der Waals surface area contributed by atoms with Crippen molar-refractivity contribution in [3.05, 3.63) is 48.0 Å². The van der Waals surface area contributed by atoms with Gasteiger partial charge in [-0.2, -0.15) is 0 Å². The van der Waals surface area contributed by atoms with Crippen molar-refractivity contribution in [2.75, 3.05) is 6.54 Å². The van der Waals surface area contributed by atoms with E-state index in [-0.39, 0.29) is 9.92 Å². The molecule has 0 aliphatic rings. The highest BCUT2D eigenvalue weighted by Crippen LogP contribution is 2.18. The summed E-state index contributed by atoms with van der Waals surface area (Å²) in [5, 5.41) is 0.165. The molecule has 0 amide bonds. The van der Waals surface area contributed by atoms with E-state index < -0.39 is 10.0 Å². The Bertz CT molecular complexity index is 611. The van der Waals surface area contributed by atoms with Crippen LogP contribution in [0.4, 0.5) is 0 Å². The molecule has 0 spiro atoms. The Morgan fingerprint density at radius 2 is 2.06 bits per heavy atom. The zero-order chi connectivity index (χ0) is 13.0. The summed E-state index contributed by atoms with van der Waals surface area (Å²) in [7, 11) is -3.60. The first-order valence-corrected chi connectivity index (χ1v) is 7.15. The SMILES string of the molecule is O=S(=O)(NCCn1cccc1)c1cnccc1Cl. The Morgan fingerprint density at radius 1 is 1.33 bits per heavy atom. The Morgan fingerprint density at radius 3 is 2.72 bits per heavy atom. The van der Waals surface area contributed by atoms with Gasteiger partial charge >= 0.3 is 0 Å². The predicted octanol–water partition coefficient (Wildman–Crippen LogP) is 1.51. The third-order valence-electron chi connectivity index (χ3n) is 2.35. The molecule has 0 aliphatic carbocycles. The maximum atomic E-state index is 11.9. The molecule has 0 aliphatic heterocycles. The molecule has 5 nitrogen and oxygen atoms in total. The third-order valence-corrected chi connectivity index (χ3v) is 4.28. The molecule has 2 aromatic rings. The second kappa shape index (κ2) is 5.51. The van der Waals surface area contributed by atoms with E-state index in [2.05, 4.69) is 9.71 Å². The number of rotatable bonds is 5. The minimum absolute atomic E-state index is 0.000766. The second-order valence-electron chi connectivity index (χ2n) is 3.62. The van der Waals surface area contributed by atoms with Crippen molar-refractivity contribution in [2.24, 2.45) is 0 Å². The van der Waals surface area contributed by atoms with Crippen LogP contribution in [0.3, 0.4) is 0 Å². The van der Waals surface area contributed by atoms with Crippen LogP contribution in [0.25, 0.3) is 0 Å². The highest BCUT2D eigenvalue weighted by atomic mass is 35.5. The third kappa shape index (κ3) is 3.10. The summed E-state index contributed by atoms with van der Waals surface area (Å²) in [5.41, 5.74) is 0. The summed E-state index contributed by atoms with van der Waals surface area (Å²) in [6, 6.07) is 5.21. The van der Waals surface area contributed by atoms with Gasteiger partial charge in [0.2, 0.25) is 10.0 Å². The van der Waals surface area contributed by atoms with Crippen LogP contribution in [-0.4, -0.2) is 24.5 Å². The van der Waals surface area contributed by atoms with E-state index in [9.17, 15) is 8.42 Å². The van der Waals surface area contributed by atoms with E-state index >= 15 is 0 Å². The van der Waals surface area contributed by atoms with E-state index in [1.807, 2.05) is 29.1 Å². The van der Waals surface area contributed by atoms with Gasteiger partial charge in [0.15, 0.2) is 0 Å². The molecule has 18 heavy (non-hydrogen) atoms. The lowest BCUT2D eigenvalue weighted by molar-refractivity contribution is 0.573. The molecule has 0 aromatic carbocycles. The van der Waals surface area contributed by atoms with Gasteiger partial charge in [-0.3, -0.25) is 4.98 Å². The molecule has 1 N–H and O–H groups in total. The van der Waals surface area contributed by atoms with E-state index in [0.29, 0.717) is 13.1 Å². The first-order chi connectivity index (χ1) is 8.59. The first-order valence-electron chi connectivity index (χ1n) is 5.29. The molecule has 0 atom stereocenters. The maximum absolute atomic E-state index is 11.9. The number of aromatic nitrogens is 2. The van der Waals surface area contributed by atoms with Crippen LogP contribution in [-0.2, 0) is 16.6 Å². The van der Waals surface area contributed by atoms with Crippen LogP contribution in [0.1, 0.15) is 0 Å². The van der Waals surface area contributed by atoms with Gasteiger partial charge in [0.05, 0.1) is 5.02 Å². The zero-order valence-electron chi connectivity index (χ0n) is 9.45. The zero-order valence-corrected chi connectivity index (χ0v) is 11.0. The Balaban J connectivity index is 2.02. The molecule has 2 aromatic heterocycles. The lowest BCUT2D eigenvalue weighted by Gasteiger charge is -2.08. The fourth-order valence-corrected chi connectivity index (χ4v) is 2.92. The summed E-state index contributed by atoms with van der Waals surface area (Å²) in [5.74, 6) is 0. The summed E-state index contributed by atoms with van der Waals surface area (Å²) in [4.78, 5) is 3.76. The molecule has 2 heterocycles. The summed E-state index contributed by atoms with van der Waals surface area (Å²) in [6.07, 6.45) is 6.41. The normalized spacial score (nSPS) is 11.6. The highest BCUT2D eigenvalue weighted by Gasteiger charge is 2.17. The van der Waals surface area contributed by atoms with Crippen molar-refractivity contribution < 1.29 is 8.42 Å². The number of hydrogen-bond acceptors (Lipinski definition) is 3. The summed E-state index contributed by atoms with van der Waals surface area (Å²) in [6.45, 7) is 0.854. The lowest BCUT2D eigenvalue weighted by atomic mass is 10.5. The van der Waals surface area contributed by atoms with Gasteiger partial charge < -0.3 is 4.57 Å². The van der Waals surface area contributed by atoms with Crippen LogP contribution in [0, 0.1) is 0 Å². The monoisotopic (exact) mass is 285 g/mol. The van der Waals surface area contributed by atoms with E-state index in [4.69, 9.17) is 11.6 Å². The molecule has 96 valence electrons. The van der Waals surface area contributed by atoms with Gasteiger partial charge in [-0.25, -0.2) is 13.1 Å². The van der Waals surface area contributed by atoms with Crippen molar-refractivity contribution in [2.45, 2.75) is 11.4 Å². The topological polar surface area (TPSA) is 64.0 Å². The summed E-state index contributed by atoms with van der Waals surface area (Å²) < 4.78 is 28.2. The lowest BCUT2D eigenvalue weighted by Crippen LogP contribution is -2.27. The van der Waals surface area contributed by atoms with Crippen LogP contribution < -0.4 is 4.72 Å². The molecule has 0 radical (unpaired) electrons. The number of hydrogen-bond donors (Lipinski definition) is 1. The van der Waals surface area contributed by atoms with E-state index in [1.54, 1.807) is 0 Å². The Hall–Kier alpha value is -1.37. The van der Waals surface area contributed by atoms with Gasteiger partial charge in [-0.15, -0.1) is 0 Å². The number of sulfonamides is 1. The molecule has 0 saturated heterocycles. The average molecular weight is 286 g/mol. The van der Waals surface area contributed by atoms with Gasteiger partial charge in [0.1, 0.15) is 4.90 Å². The fraction of sp³-hybridized carbons (Fsp3) is 0.182. The van der Waals surface area contributed by atoms with Gasteiger partial charge in [-0.1, -0.05) is 11.6 Å². The van der Waals surface area contributed by atoms with Gasteiger partial charge in [0.25, 0.3) is 0 Å². The average Bonchev–Trinajstić information content (AvgIpc) is 2.82.